The van der Waals surface area contributed by atoms with Crippen LogP contribution in [0, 0.1) is 0 Å². The summed E-state index contributed by atoms with van der Waals surface area (Å²) in [6.45, 7) is 0.412. The van der Waals surface area contributed by atoms with Crippen molar-refractivity contribution in [2.45, 2.75) is 6.54 Å². The van der Waals surface area contributed by atoms with E-state index in [4.69, 9.17) is 27.3 Å². The van der Waals surface area contributed by atoms with Gasteiger partial charge in [-0.15, -0.1) is 5.10 Å². The summed E-state index contributed by atoms with van der Waals surface area (Å²) in [4.78, 5) is 3.92. The lowest BCUT2D eigenvalue weighted by molar-refractivity contribution is 0.318. The van der Waals surface area contributed by atoms with E-state index < -0.39 is 0 Å². The molecule has 2 rings (SSSR count). The fraction of sp³-hybridized carbons (Fsp3) is 0.182. The third kappa shape index (κ3) is 2.94. The number of methoxy groups -OCH3 is 1. The molecule has 0 aliphatic rings. The first-order valence-corrected chi connectivity index (χ1v) is 5.71. The fourth-order valence-corrected chi connectivity index (χ4v) is 1.77. The van der Waals surface area contributed by atoms with E-state index in [1.54, 1.807) is 30.0 Å². The molecule has 0 saturated carbocycles. The van der Waals surface area contributed by atoms with Gasteiger partial charge in [0.15, 0.2) is 0 Å². The van der Waals surface area contributed by atoms with Crippen molar-refractivity contribution >= 4 is 17.4 Å². The van der Waals surface area contributed by atoms with Crippen LogP contribution in [0.1, 0.15) is 11.4 Å². The van der Waals surface area contributed by atoms with Crippen molar-refractivity contribution in [1.29, 1.82) is 0 Å². The van der Waals surface area contributed by atoms with Crippen molar-refractivity contribution in [3.8, 4) is 5.75 Å². The average molecular weight is 282 g/mol. The predicted molar refractivity (Wildman–Crippen MR) is 69.6 cm³/mol. The molecule has 0 atom stereocenters. The standard InChI is InChI=1S/C11H12ClN5O2/c1-19-9-3-2-8(12)4-7(9)5-17-6-14-11(15-17)10(13)16-18/h2-4,6,18H,5H2,1H3,(H2,13,16). The van der Waals surface area contributed by atoms with Crippen LogP contribution in [0.4, 0.5) is 0 Å². The average Bonchev–Trinajstić information content (AvgIpc) is 2.86. The number of halogens is 1. The molecule has 8 heteroatoms. The molecule has 100 valence electrons. The number of rotatable bonds is 4. The van der Waals surface area contributed by atoms with Crippen LogP contribution < -0.4 is 10.5 Å². The van der Waals surface area contributed by atoms with E-state index in [2.05, 4.69) is 15.2 Å². The summed E-state index contributed by atoms with van der Waals surface area (Å²) in [5.74, 6) is 0.713. The van der Waals surface area contributed by atoms with Crippen molar-refractivity contribution < 1.29 is 9.94 Å². The largest absolute Gasteiger partial charge is 0.496 e. The van der Waals surface area contributed by atoms with Crippen molar-refractivity contribution in [3.63, 3.8) is 0 Å². The Morgan fingerprint density at radius 3 is 3.05 bits per heavy atom. The lowest BCUT2D eigenvalue weighted by Crippen LogP contribution is -2.15. The molecule has 0 aliphatic heterocycles. The van der Waals surface area contributed by atoms with Gasteiger partial charge in [0, 0.05) is 10.6 Å². The van der Waals surface area contributed by atoms with E-state index in [9.17, 15) is 0 Å². The van der Waals surface area contributed by atoms with Gasteiger partial charge in [-0.3, -0.25) is 0 Å². The number of nitrogens with two attached hydrogens (primary N) is 1. The first kappa shape index (κ1) is 13.2. The first-order chi connectivity index (χ1) is 9.13. The van der Waals surface area contributed by atoms with E-state index in [0.717, 1.165) is 5.56 Å². The molecular formula is C11H12ClN5O2. The molecule has 0 bridgehead atoms. The second-order valence-electron chi connectivity index (χ2n) is 3.71. The van der Waals surface area contributed by atoms with E-state index in [0.29, 0.717) is 17.3 Å². The van der Waals surface area contributed by atoms with Crippen LogP contribution in [0.15, 0.2) is 29.7 Å². The summed E-state index contributed by atoms with van der Waals surface area (Å²) < 4.78 is 6.78. The zero-order valence-electron chi connectivity index (χ0n) is 10.1. The quantitative estimate of drug-likeness (QED) is 0.378. The highest BCUT2D eigenvalue weighted by molar-refractivity contribution is 6.30. The maximum Gasteiger partial charge on any atom is 0.219 e. The Balaban J connectivity index is 2.26. The number of hydrogen-bond donors (Lipinski definition) is 2. The van der Waals surface area contributed by atoms with Gasteiger partial charge in [0.05, 0.1) is 13.7 Å². The Hall–Kier alpha value is -2.28. The summed E-state index contributed by atoms with van der Waals surface area (Å²) in [7, 11) is 1.58. The zero-order chi connectivity index (χ0) is 13.8. The molecule has 0 unspecified atom stereocenters. The number of nitrogens with zero attached hydrogens (tertiary/aromatic N) is 4. The molecule has 7 nitrogen and oxygen atoms in total. The molecule has 0 radical (unpaired) electrons. The minimum absolute atomic E-state index is 0.142. The van der Waals surface area contributed by atoms with Crippen molar-refractivity contribution in [1.82, 2.24) is 14.8 Å². The molecule has 19 heavy (non-hydrogen) atoms. The molecule has 1 aromatic carbocycles. The van der Waals surface area contributed by atoms with Crippen molar-refractivity contribution in [2.24, 2.45) is 10.9 Å². The lowest BCUT2D eigenvalue weighted by Gasteiger charge is -2.08. The Morgan fingerprint density at radius 1 is 1.58 bits per heavy atom. The molecule has 1 heterocycles. The summed E-state index contributed by atoms with van der Waals surface area (Å²) in [6.07, 6.45) is 1.48. The van der Waals surface area contributed by atoms with E-state index in [1.807, 2.05) is 0 Å². The number of aromatic nitrogens is 3. The highest BCUT2D eigenvalue weighted by atomic mass is 35.5. The minimum atomic E-state index is -0.142. The van der Waals surface area contributed by atoms with E-state index >= 15 is 0 Å². The normalized spacial score (nSPS) is 11.6. The van der Waals surface area contributed by atoms with Gasteiger partial charge in [-0.1, -0.05) is 16.8 Å². The molecule has 0 spiro atoms. The van der Waals surface area contributed by atoms with Gasteiger partial charge in [0.25, 0.3) is 0 Å². The van der Waals surface area contributed by atoms with Gasteiger partial charge in [-0.05, 0) is 18.2 Å². The highest BCUT2D eigenvalue weighted by Crippen LogP contribution is 2.23. The van der Waals surface area contributed by atoms with Crippen molar-refractivity contribution in [2.75, 3.05) is 7.11 Å². The Labute approximate surface area is 114 Å². The molecule has 0 saturated heterocycles. The minimum Gasteiger partial charge on any atom is -0.496 e. The summed E-state index contributed by atoms with van der Waals surface area (Å²) in [5.41, 5.74) is 6.25. The second kappa shape index (κ2) is 5.57. The smallest absolute Gasteiger partial charge is 0.219 e. The Kier molecular flexibility index (Phi) is 3.86. The molecular weight excluding hydrogens is 270 g/mol. The monoisotopic (exact) mass is 281 g/mol. The SMILES string of the molecule is COc1ccc(Cl)cc1Cn1cnc(/C(N)=N/O)n1. The number of hydrogen-bond acceptors (Lipinski definition) is 5. The third-order valence-corrected chi connectivity index (χ3v) is 2.68. The van der Waals surface area contributed by atoms with Crippen LogP contribution in [0.2, 0.25) is 5.02 Å². The maximum atomic E-state index is 8.54. The van der Waals surface area contributed by atoms with Crippen LogP contribution in [-0.2, 0) is 6.54 Å². The van der Waals surface area contributed by atoms with Crippen LogP contribution in [0.5, 0.6) is 5.75 Å². The molecule has 3 N–H and O–H groups in total. The van der Waals surface area contributed by atoms with Gasteiger partial charge in [-0.25, -0.2) is 9.67 Å². The van der Waals surface area contributed by atoms with Gasteiger partial charge < -0.3 is 15.7 Å². The zero-order valence-corrected chi connectivity index (χ0v) is 10.9. The highest BCUT2D eigenvalue weighted by Gasteiger charge is 2.09. The van der Waals surface area contributed by atoms with Gasteiger partial charge in [0.1, 0.15) is 12.1 Å². The van der Waals surface area contributed by atoms with Crippen LogP contribution in [-0.4, -0.2) is 32.9 Å². The second-order valence-corrected chi connectivity index (χ2v) is 4.14. The number of benzene rings is 1. The summed E-state index contributed by atoms with van der Waals surface area (Å²) in [5, 5.41) is 16.1. The lowest BCUT2D eigenvalue weighted by atomic mass is 10.2. The Bertz CT molecular complexity index is 611. The summed E-state index contributed by atoms with van der Waals surface area (Å²) in [6, 6.07) is 5.30. The maximum absolute atomic E-state index is 8.54. The number of oxime groups is 1. The number of amidine groups is 1. The molecule has 1 aromatic heterocycles. The van der Waals surface area contributed by atoms with Gasteiger partial charge in [-0.2, -0.15) is 0 Å². The van der Waals surface area contributed by atoms with Crippen LogP contribution >= 0.6 is 11.6 Å². The molecule has 0 aliphatic carbocycles. The van der Waals surface area contributed by atoms with Crippen LogP contribution in [0.25, 0.3) is 0 Å². The molecule has 0 fully saturated rings. The van der Waals surface area contributed by atoms with E-state index in [1.165, 1.54) is 6.33 Å². The first-order valence-electron chi connectivity index (χ1n) is 5.34. The molecule has 2 aromatic rings. The topological polar surface area (TPSA) is 98.6 Å². The summed E-state index contributed by atoms with van der Waals surface area (Å²) >= 11 is 5.95. The Morgan fingerprint density at radius 2 is 2.37 bits per heavy atom. The molecule has 0 amide bonds. The van der Waals surface area contributed by atoms with Gasteiger partial charge in [0.2, 0.25) is 11.7 Å². The van der Waals surface area contributed by atoms with Gasteiger partial charge >= 0.3 is 0 Å². The van der Waals surface area contributed by atoms with Crippen LogP contribution in [0.3, 0.4) is 0 Å². The number of ether oxygens (including phenoxy) is 1. The predicted octanol–water partition coefficient (Wildman–Crippen LogP) is 1.08. The van der Waals surface area contributed by atoms with E-state index in [-0.39, 0.29) is 11.7 Å². The van der Waals surface area contributed by atoms with Crippen molar-refractivity contribution in [3.05, 3.63) is 40.9 Å². The third-order valence-electron chi connectivity index (χ3n) is 2.45. The fourth-order valence-electron chi connectivity index (χ4n) is 1.58.